The van der Waals surface area contributed by atoms with Crippen LogP contribution in [0.5, 0.6) is 11.5 Å². The smallest absolute Gasteiger partial charge is 0.305 e. The van der Waals surface area contributed by atoms with Gasteiger partial charge in [0.05, 0.1) is 32.2 Å². The number of carboxylic acid groups (broad SMARTS) is 1. The minimum Gasteiger partial charge on any atom is -0.497 e. The number of aryl methyl sites for hydroxylation is 1. The molecular formula is C19H21NO5. The molecule has 0 aliphatic carbocycles. The van der Waals surface area contributed by atoms with Crippen LogP contribution in [0.15, 0.2) is 42.5 Å². The maximum absolute atomic E-state index is 12.7. The molecule has 0 fully saturated rings. The van der Waals surface area contributed by atoms with Gasteiger partial charge in [0.25, 0.3) is 5.91 Å². The number of nitrogens with one attached hydrogen (secondary N) is 1. The Bertz CT molecular complexity index is 755. The third-order valence-corrected chi connectivity index (χ3v) is 3.80. The zero-order chi connectivity index (χ0) is 18.4. The minimum atomic E-state index is -1.00. The molecule has 0 aromatic heterocycles. The van der Waals surface area contributed by atoms with Crippen LogP contribution in [-0.2, 0) is 4.79 Å². The lowest BCUT2D eigenvalue weighted by atomic mass is 10.0. The summed E-state index contributed by atoms with van der Waals surface area (Å²) in [5.74, 6) is -0.295. The highest BCUT2D eigenvalue weighted by Crippen LogP contribution is 2.24. The van der Waals surface area contributed by atoms with Crippen LogP contribution < -0.4 is 14.8 Å². The zero-order valence-electron chi connectivity index (χ0n) is 14.4. The molecule has 6 heteroatoms. The predicted octanol–water partition coefficient (Wildman–Crippen LogP) is 2.96. The van der Waals surface area contributed by atoms with Crippen molar-refractivity contribution in [2.24, 2.45) is 0 Å². The first-order valence-corrected chi connectivity index (χ1v) is 7.76. The predicted molar refractivity (Wildman–Crippen MR) is 93.2 cm³/mol. The Balaban J connectivity index is 2.28. The summed E-state index contributed by atoms with van der Waals surface area (Å²) in [6.45, 7) is 1.87. The number of methoxy groups -OCH3 is 2. The van der Waals surface area contributed by atoms with E-state index in [2.05, 4.69) is 5.32 Å². The number of benzene rings is 2. The summed E-state index contributed by atoms with van der Waals surface area (Å²) in [6, 6.07) is 11.5. The monoisotopic (exact) mass is 343 g/mol. The maximum Gasteiger partial charge on any atom is 0.305 e. The highest BCUT2D eigenvalue weighted by Gasteiger charge is 2.21. The van der Waals surface area contributed by atoms with Crippen molar-refractivity contribution < 1.29 is 24.2 Å². The lowest BCUT2D eigenvalue weighted by molar-refractivity contribution is -0.137. The zero-order valence-corrected chi connectivity index (χ0v) is 14.4. The molecule has 1 unspecified atom stereocenters. The van der Waals surface area contributed by atoms with Crippen LogP contribution in [0.1, 0.15) is 33.9 Å². The molecule has 0 aliphatic rings. The molecule has 6 nitrogen and oxygen atoms in total. The second kappa shape index (κ2) is 8.19. The second-order valence-corrected chi connectivity index (χ2v) is 5.60. The number of carbonyl (C=O) groups is 2. The van der Waals surface area contributed by atoms with E-state index < -0.39 is 12.0 Å². The van der Waals surface area contributed by atoms with Crippen LogP contribution in [0, 0.1) is 6.92 Å². The van der Waals surface area contributed by atoms with Crippen molar-refractivity contribution in [2.45, 2.75) is 19.4 Å². The number of aliphatic carboxylic acids is 1. The largest absolute Gasteiger partial charge is 0.497 e. The van der Waals surface area contributed by atoms with Crippen LogP contribution in [0.25, 0.3) is 0 Å². The maximum atomic E-state index is 12.7. The van der Waals surface area contributed by atoms with Gasteiger partial charge in [-0.1, -0.05) is 23.8 Å². The van der Waals surface area contributed by atoms with Crippen LogP contribution in [0.4, 0.5) is 0 Å². The summed E-state index contributed by atoms with van der Waals surface area (Å²) in [5, 5.41) is 12.0. The van der Waals surface area contributed by atoms with Crippen LogP contribution >= 0.6 is 0 Å². The highest BCUT2D eigenvalue weighted by molar-refractivity contribution is 5.97. The molecule has 0 radical (unpaired) electrons. The van der Waals surface area contributed by atoms with Gasteiger partial charge in [0.1, 0.15) is 11.5 Å². The first-order valence-electron chi connectivity index (χ1n) is 7.76. The SMILES string of the molecule is COc1ccc(C(CC(=O)O)NC(=O)c2cc(C)ccc2OC)cc1. The number of ether oxygens (including phenoxy) is 2. The normalized spacial score (nSPS) is 11.5. The van der Waals surface area contributed by atoms with Crippen LogP contribution in [0.3, 0.4) is 0 Å². The van der Waals surface area contributed by atoms with E-state index in [1.165, 1.54) is 7.11 Å². The van der Waals surface area contributed by atoms with Crippen molar-refractivity contribution in [1.82, 2.24) is 5.32 Å². The molecule has 0 aliphatic heterocycles. The lowest BCUT2D eigenvalue weighted by Crippen LogP contribution is -2.30. The first kappa shape index (κ1) is 18.3. The van der Waals surface area contributed by atoms with Crippen LogP contribution in [-0.4, -0.2) is 31.2 Å². The van der Waals surface area contributed by atoms with E-state index in [0.29, 0.717) is 22.6 Å². The van der Waals surface area contributed by atoms with Crippen molar-refractivity contribution in [3.63, 3.8) is 0 Å². The Labute approximate surface area is 146 Å². The van der Waals surface area contributed by atoms with Crippen molar-refractivity contribution in [2.75, 3.05) is 14.2 Å². The van der Waals surface area contributed by atoms with Gasteiger partial charge in [-0.25, -0.2) is 0 Å². The fourth-order valence-electron chi connectivity index (χ4n) is 2.50. The number of hydrogen-bond acceptors (Lipinski definition) is 4. The van der Waals surface area contributed by atoms with E-state index >= 15 is 0 Å². The Kier molecular flexibility index (Phi) is 6.00. The van der Waals surface area contributed by atoms with Crippen molar-refractivity contribution in [1.29, 1.82) is 0 Å². The summed E-state index contributed by atoms with van der Waals surface area (Å²) in [7, 11) is 3.04. The van der Waals surface area contributed by atoms with E-state index in [9.17, 15) is 14.7 Å². The molecule has 0 bridgehead atoms. The van der Waals surface area contributed by atoms with Gasteiger partial charge >= 0.3 is 5.97 Å². The average molecular weight is 343 g/mol. The quantitative estimate of drug-likeness (QED) is 0.807. The minimum absolute atomic E-state index is 0.230. The summed E-state index contributed by atoms with van der Waals surface area (Å²) in [5.41, 5.74) is 1.96. The van der Waals surface area contributed by atoms with Gasteiger partial charge in [0.2, 0.25) is 0 Å². The molecule has 1 atom stereocenters. The summed E-state index contributed by atoms with van der Waals surface area (Å²) >= 11 is 0. The van der Waals surface area contributed by atoms with E-state index in [4.69, 9.17) is 9.47 Å². The molecule has 0 saturated carbocycles. The van der Waals surface area contributed by atoms with E-state index in [-0.39, 0.29) is 12.3 Å². The molecule has 0 heterocycles. The van der Waals surface area contributed by atoms with Gasteiger partial charge < -0.3 is 19.9 Å². The molecule has 0 saturated heterocycles. The average Bonchev–Trinajstić information content (AvgIpc) is 2.60. The second-order valence-electron chi connectivity index (χ2n) is 5.60. The van der Waals surface area contributed by atoms with Gasteiger partial charge in [0, 0.05) is 0 Å². The molecule has 2 aromatic carbocycles. The molecule has 2 aromatic rings. The first-order chi connectivity index (χ1) is 11.9. The number of carbonyl (C=O) groups excluding carboxylic acids is 1. The lowest BCUT2D eigenvalue weighted by Gasteiger charge is -2.19. The van der Waals surface area contributed by atoms with Gasteiger partial charge in [-0.05, 0) is 36.8 Å². The Hall–Kier alpha value is -3.02. The molecule has 2 N–H and O–H groups in total. The molecule has 1 amide bonds. The van der Waals surface area contributed by atoms with E-state index in [1.807, 2.05) is 13.0 Å². The fourth-order valence-corrected chi connectivity index (χ4v) is 2.50. The fraction of sp³-hybridized carbons (Fsp3) is 0.263. The Morgan fingerprint density at radius 1 is 1.08 bits per heavy atom. The summed E-state index contributed by atoms with van der Waals surface area (Å²) in [6.07, 6.45) is -0.230. The van der Waals surface area contributed by atoms with E-state index in [0.717, 1.165) is 5.56 Å². The number of hydrogen-bond donors (Lipinski definition) is 2. The summed E-state index contributed by atoms with van der Waals surface area (Å²) < 4.78 is 10.3. The number of rotatable bonds is 7. The van der Waals surface area contributed by atoms with Gasteiger partial charge in [0.15, 0.2) is 0 Å². The Morgan fingerprint density at radius 2 is 1.76 bits per heavy atom. The highest BCUT2D eigenvalue weighted by atomic mass is 16.5. The molecule has 0 spiro atoms. The molecule has 25 heavy (non-hydrogen) atoms. The third-order valence-electron chi connectivity index (χ3n) is 3.80. The standard InChI is InChI=1S/C19H21NO5/c1-12-4-9-17(25-3)15(10-12)19(23)20-16(11-18(21)22)13-5-7-14(24-2)8-6-13/h4-10,16H,11H2,1-3H3,(H,20,23)(H,21,22). The third kappa shape index (κ3) is 4.73. The molecule has 132 valence electrons. The van der Waals surface area contributed by atoms with Gasteiger partial charge in [-0.15, -0.1) is 0 Å². The van der Waals surface area contributed by atoms with E-state index in [1.54, 1.807) is 43.5 Å². The topological polar surface area (TPSA) is 84.9 Å². The number of amides is 1. The summed E-state index contributed by atoms with van der Waals surface area (Å²) in [4.78, 5) is 23.9. The van der Waals surface area contributed by atoms with Gasteiger partial charge in [-0.3, -0.25) is 9.59 Å². The van der Waals surface area contributed by atoms with Crippen molar-refractivity contribution in [3.05, 3.63) is 59.2 Å². The van der Waals surface area contributed by atoms with Crippen molar-refractivity contribution in [3.8, 4) is 11.5 Å². The van der Waals surface area contributed by atoms with Crippen molar-refractivity contribution >= 4 is 11.9 Å². The molecule has 2 rings (SSSR count). The van der Waals surface area contributed by atoms with Crippen LogP contribution in [0.2, 0.25) is 0 Å². The molecular weight excluding hydrogens is 322 g/mol. The number of carboxylic acids is 1. The van der Waals surface area contributed by atoms with Gasteiger partial charge in [-0.2, -0.15) is 0 Å². The Morgan fingerprint density at radius 3 is 2.32 bits per heavy atom.